The van der Waals surface area contributed by atoms with Gasteiger partial charge in [0.05, 0.1) is 18.6 Å². The number of nitrogens with zero attached hydrogens (tertiary/aromatic N) is 4. The Morgan fingerprint density at radius 3 is 2.79 bits per heavy atom. The number of nitrogens with one attached hydrogen (secondary N) is 1. The maximum atomic E-state index is 13.1. The molecule has 4 rings (SSSR count). The highest BCUT2D eigenvalue weighted by atomic mass is 79.9. The fourth-order valence-electron chi connectivity index (χ4n) is 3.07. The van der Waals surface area contributed by atoms with Crippen LogP contribution < -0.4 is 16.4 Å². The van der Waals surface area contributed by atoms with E-state index in [1.165, 1.54) is 6.07 Å². The molecule has 0 aliphatic carbocycles. The standard InChI is InChI=1S/C17H14BrF3N6O/c18-11-2-1-3-12-10(11)8-28-7-6-27(12)15-9-4-5-13(17(19,20)21)23-14(9)24-16(25-15)26-22/h1-5H,6-8,22H2,(H,23,24,25,26). The number of hydrogen-bond donors (Lipinski definition) is 2. The lowest BCUT2D eigenvalue weighted by Crippen LogP contribution is -2.27. The molecule has 0 atom stereocenters. The zero-order chi connectivity index (χ0) is 19.9. The molecule has 2 aromatic heterocycles. The number of rotatable bonds is 1. The molecule has 3 heterocycles. The predicted molar refractivity (Wildman–Crippen MR) is 99.4 cm³/mol. The summed E-state index contributed by atoms with van der Waals surface area (Å²) in [7, 11) is 0. The minimum absolute atomic E-state index is 0.00858. The van der Waals surface area contributed by atoms with Gasteiger partial charge in [-0.1, -0.05) is 22.0 Å². The summed E-state index contributed by atoms with van der Waals surface area (Å²) >= 11 is 3.52. The lowest BCUT2D eigenvalue weighted by atomic mass is 10.1. The summed E-state index contributed by atoms with van der Waals surface area (Å²) < 4.78 is 45.8. The molecule has 0 radical (unpaired) electrons. The quantitative estimate of drug-likeness (QED) is 0.435. The van der Waals surface area contributed by atoms with Gasteiger partial charge in [0.15, 0.2) is 0 Å². The third-order valence-corrected chi connectivity index (χ3v) is 5.08. The molecule has 0 fully saturated rings. The van der Waals surface area contributed by atoms with Crippen molar-refractivity contribution in [3.63, 3.8) is 0 Å². The minimum atomic E-state index is -4.57. The Balaban J connectivity index is 1.98. The second-order valence-corrected chi connectivity index (χ2v) is 6.90. The summed E-state index contributed by atoms with van der Waals surface area (Å²) in [5.41, 5.74) is 0.684. The van der Waals surface area contributed by atoms with Crippen LogP contribution in [0.25, 0.3) is 11.0 Å². The van der Waals surface area contributed by atoms with Crippen LogP contribution >= 0.6 is 15.9 Å². The van der Waals surface area contributed by atoms with Crippen molar-refractivity contribution >= 4 is 38.5 Å². The Kier molecular flexibility index (Phi) is 4.71. The zero-order valence-corrected chi connectivity index (χ0v) is 15.9. The van der Waals surface area contributed by atoms with Crippen molar-refractivity contribution in [1.29, 1.82) is 0 Å². The van der Waals surface area contributed by atoms with Crippen LogP contribution in [0, 0.1) is 0 Å². The van der Waals surface area contributed by atoms with Crippen LogP contribution in [-0.2, 0) is 17.5 Å². The van der Waals surface area contributed by atoms with E-state index in [4.69, 9.17) is 10.6 Å². The summed E-state index contributed by atoms with van der Waals surface area (Å²) in [4.78, 5) is 12.6. The predicted octanol–water partition coefficient (Wildman–Crippen LogP) is 3.18. The average Bonchev–Trinajstić information content (AvgIpc) is 2.89. The number of pyridine rings is 1. The van der Waals surface area contributed by atoms with Gasteiger partial charge in [0.1, 0.15) is 17.2 Å². The van der Waals surface area contributed by atoms with E-state index < -0.39 is 11.9 Å². The second kappa shape index (κ2) is 7.06. The van der Waals surface area contributed by atoms with Crippen molar-refractivity contribution < 1.29 is 17.9 Å². The van der Waals surface area contributed by atoms with Gasteiger partial charge in [0.2, 0.25) is 5.62 Å². The van der Waals surface area contributed by atoms with E-state index in [0.717, 1.165) is 21.8 Å². The van der Waals surface area contributed by atoms with Crippen LogP contribution in [0.2, 0.25) is 0 Å². The van der Waals surface area contributed by atoms with Crippen LogP contribution in [0.4, 0.5) is 24.7 Å². The zero-order valence-electron chi connectivity index (χ0n) is 14.3. The Morgan fingerprint density at radius 1 is 1.21 bits per heavy atom. The first-order valence-electron chi connectivity index (χ1n) is 8.23. The summed E-state index contributed by atoms with van der Waals surface area (Å²) in [6.45, 7) is 1.25. The normalized spacial score (nSPS) is 15.6. The number of anilines is 2. The lowest BCUT2D eigenvalue weighted by molar-refractivity contribution is -0.141. The number of benzene rings is 1. The smallest absolute Gasteiger partial charge is 0.375 e. The molecule has 0 saturated heterocycles. The molecule has 3 aromatic rings. The molecule has 3 N–H and O–H groups in total. The largest absolute Gasteiger partial charge is 0.433 e. The van der Waals surface area contributed by atoms with E-state index in [2.05, 4.69) is 36.0 Å². The third kappa shape index (κ3) is 3.31. The van der Waals surface area contributed by atoms with Crippen LogP contribution in [0.1, 0.15) is 11.3 Å². The maximum absolute atomic E-state index is 13.1. The molecule has 146 valence electrons. The van der Waals surface area contributed by atoms with Crippen molar-refractivity contribution in [2.45, 2.75) is 12.8 Å². The van der Waals surface area contributed by atoms with E-state index in [0.29, 0.717) is 31.0 Å². The lowest BCUT2D eigenvalue weighted by Gasteiger charge is -2.24. The molecule has 0 spiro atoms. The fourth-order valence-corrected chi connectivity index (χ4v) is 3.54. The van der Waals surface area contributed by atoms with Crippen molar-refractivity contribution in [3.8, 4) is 0 Å². The monoisotopic (exact) mass is 454 g/mol. The summed E-state index contributed by atoms with van der Waals surface area (Å²) in [6, 6.07) is 7.93. The molecule has 0 amide bonds. The molecule has 0 unspecified atom stereocenters. The maximum Gasteiger partial charge on any atom is 0.433 e. The van der Waals surface area contributed by atoms with Gasteiger partial charge >= 0.3 is 6.18 Å². The number of nitrogens with two attached hydrogens (primary N) is 1. The van der Waals surface area contributed by atoms with Crippen LogP contribution in [-0.4, -0.2) is 28.1 Å². The molecular formula is C17H14BrF3N6O. The number of hydrogen-bond acceptors (Lipinski definition) is 6. The molecule has 1 aliphatic rings. The minimum Gasteiger partial charge on any atom is -0.375 e. The van der Waals surface area contributed by atoms with E-state index in [1.807, 2.05) is 23.1 Å². The number of H-pyrrole nitrogens is 1. The van der Waals surface area contributed by atoms with E-state index in [9.17, 15) is 13.2 Å². The average molecular weight is 455 g/mol. The number of halogens is 4. The van der Waals surface area contributed by atoms with Crippen LogP contribution in [0.3, 0.4) is 0 Å². The van der Waals surface area contributed by atoms with Crippen molar-refractivity contribution in [2.24, 2.45) is 10.9 Å². The Morgan fingerprint density at radius 2 is 2.04 bits per heavy atom. The topological polar surface area (TPSA) is 92.4 Å². The number of aromatic amines is 1. The highest BCUT2D eigenvalue weighted by molar-refractivity contribution is 9.10. The molecule has 0 saturated carbocycles. The van der Waals surface area contributed by atoms with Gasteiger partial charge in [0, 0.05) is 22.3 Å². The van der Waals surface area contributed by atoms with Gasteiger partial charge in [-0.2, -0.15) is 18.2 Å². The number of aromatic nitrogens is 3. The fraction of sp³-hybridized carbons (Fsp3) is 0.235. The molecule has 0 bridgehead atoms. The number of alkyl halides is 3. The van der Waals surface area contributed by atoms with Gasteiger partial charge in [-0.3, -0.25) is 0 Å². The molecule has 28 heavy (non-hydrogen) atoms. The Bertz CT molecular complexity index is 1110. The summed E-state index contributed by atoms with van der Waals surface area (Å²) in [6.07, 6.45) is -4.57. The van der Waals surface area contributed by atoms with Crippen LogP contribution in [0.15, 0.2) is 39.9 Å². The van der Waals surface area contributed by atoms with Gasteiger partial charge in [-0.25, -0.2) is 4.98 Å². The summed E-state index contributed by atoms with van der Waals surface area (Å²) in [5.74, 6) is 5.74. The number of fused-ring (bicyclic) bond motifs is 2. The SMILES string of the molecule is N/N=c1/nc(N2CCOCc3c(Br)cccc32)c2ccc(C(F)(F)F)nc2[nH]1. The highest BCUT2D eigenvalue weighted by Crippen LogP contribution is 2.37. The van der Waals surface area contributed by atoms with Crippen molar-refractivity contribution in [1.82, 2.24) is 15.0 Å². The Hall–Kier alpha value is -2.66. The Labute approximate surface area is 165 Å². The third-order valence-electron chi connectivity index (χ3n) is 4.34. The molecular weight excluding hydrogens is 441 g/mol. The summed E-state index contributed by atoms with van der Waals surface area (Å²) in [5, 5.41) is 3.92. The van der Waals surface area contributed by atoms with E-state index >= 15 is 0 Å². The van der Waals surface area contributed by atoms with Crippen molar-refractivity contribution in [2.75, 3.05) is 18.1 Å². The molecule has 11 heteroatoms. The van der Waals surface area contributed by atoms with Gasteiger partial charge < -0.3 is 20.5 Å². The van der Waals surface area contributed by atoms with Gasteiger partial charge in [0.25, 0.3) is 0 Å². The first-order chi connectivity index (χ1) is 13.4. The number of ether oxygens (including phenoxy) is 1. The second-order valence-electron chi connectivity index (χ2n) is 6.05. The van der Waals surface area contributed by atoms with E-state index in [-0.39, 0.29) is 11.3 Å². The van der Waals surface area contributed by atoms with Gasteiger partial charge in [-0.05, 0) is 24.3 Å². The molecule has 1 aliphatic heterocycles. The van der Waals surface area contributed by atoms with Gasteiger partial charge in [-0.15, -0.1) is 5.10 Å². The molecule has 7 nitrogen and oxygen atoms in total. The van der Waals surface area contributed by atoms with Crippen LogP contribution in [0.5, 0.6) is 0 Å². The van der Waals surface area contributed by atoms with E-state index in [1.54, 1.807) is 0 Å². The molecule has 1 aromatic carbocycles. The first kappa shape index (κ1) is 18.7. The van der Waals surface area contributed by atoms with Crippen molar-refractivity contribution in [3.05, 3.63) is 51.7 Å². The highest BCUT2D eigenvalue weighted by Gasteiger charge is 2.33. The first-order valence-corrected chi connectivity index (χ1v) is 9.02.